The van der Waals surface area contributed by atoms with Crippen LogP contribution in [0.2, 0.25) is 0 Å². The first-order valence-electron chi connectivity index (χ1n) is 10.8. The molecule has 0 saturated carbocycles. The molecule has 1 N–H and O–H groups in total. The average molecular weight is 444 g/mol. The van der Waals surface area contributed by atoms with Gasteiger partial charge < -0.3 is 19.3 Å². The third-order valence-corrected chi connectivity index (χ3v) is 6.24. The maximum absolute atomic E-state index is 9.24. The van der Waals surface area contributed by atoms with Crippen LogP contribution in [0.25, 0.3) is 10.9 Å². The van der Waals surface area contributed by atoms with E-state index in [9.17, 15) is 5.26 Å². The van der Waals surface area contributed by atoms with Crippen LogP contribution in [0.15, 0.2) is 41.4 Å². The van der Waals surface area contributed by atoms with Crippen LogP contribution in [0.1, 0.15) is 18.4 Å². The van der Waals surface area contributed by atoms with Gasteiger partial charge in [0.2, 0.25) is 5.96 Å². The summed E-state index contributed by atoms with van der Waals surface area (Å²) in [6.07, 6.45) is 3.82. The number of aliphatic imine (C=N–C) groups is 1. The number of nitriles is 1. The number of benzene rings is 2. The molecule has 10 heteroatoms. The lowest BCUT2D eigenvalue weighted by atomic mass is 10.0. The summed E-state index contributed by atoms with van der Waals surface area (Å²) in [5.74, 6) is 2.64. The third-order valence-electron chi connectivity index (χ3n) is 6.24. The topological polar surface area (TPSA) is 112 Å². The number of piperidine rings is 1. The fourth-order valence-corrected chi connectivity index (χ4v) is 4.56. The van der Waals surface area contributed by atoms with Crippen molar-refractivity contribution in [2.24, 2.45) is 4.99 Å². The number of hydrogen-bond donors (Lipinski definition) is 1. The molecule has 1 saturated heterocycles. The van der Waals surface area contributed by atoms with Gasteiger partial charge in [-0.2, -0.15) is 5.26 Å². The summed E-state index contributed by atoms with van der Waals surface area (Å²) < 4.78 is 10.9. The molecule has 0 spiro atoms. The number of ether oxygens (including phenoxy) is 2. The highest BCUT2D eigenvalue weighted by Crippen LogP contribution is 2.36. The number of rotatable bonds is 4. The fourth-order valence-electron chi connectivity index (χ4n) is 4.56. The second-order valence-electron chi connectivity index (χ2n) is 7.98. The molecule has 0 unspecified atom stereocenters. The molecule has 2 aliphatic heterocycles. The predicted octanol–water partition coefficient (Wildman–Crippen LogP) is 2.58. The van der Waals surface area contributed by atoms with Crippen molar-refractivity contribution in [3.05, 3.63) is 42.0 Å². The number of hydrogen-bond acceptors (Lipinski definition) is 10. The van der Waals surface area contributed by atoms with Gasteiger partial charge >= 0.3 is 0 Å². The molecule has 33 heavy (non-hydrogen) atoms. The number of nitrogens with one attached hydrogen (secondary N) is 1. The Labute approximate surface area is 191 Å². The van der Waals surface area contributed by atoms with Crippen molar-refractivity contribution >= 4 is 28.4 Å². The molecule has 0 atom stereocenters. The smallest absolute Gasteiger partial charge is 0.213 e. The Morgan fingerprint density at radius 3 is 2.58 bits per heavy atom. The molecule has 0 bridgehead atoms. The Bertz CT molecular complexity index is 1250. The molecule has 2 aliphatic rings. The zero-order chi connectivity index (χ0) is 22.8. The summed E-state index contributed by atoms with van der Waals surface area (Å²) in [5, 5.41) is 25.4. The van der Waals surface area contributed by atoms with Crippen LogP contribution >= 0.6 is 0 Å². The summed E-state index contributed by atoms with van der Waals surface area (Å²) in [6, 6.07) is 12.0. The lowest BCUT2D eigenvalue weighted by Crippen LogP contribution is -2.51. The molecular formula is C23H24N8O2. The van der Waals surface area contributed by atoms with Crippen LogP contribution in [0.5, 0.6) is 11.5 Å². The maximum atomic E-state index is 9.24. The van der Waals surface area contributed by atoms with Crippen LogP contribution in [0.3, 0.4) is 0 Å². The van der Waals surface area contributed by atoms with E-state index in [-0.39, 0.29) is 6.04 Å². The van der Waals surface area contributed by atoms with E-state index in [0.717, 1.165) is 54.9 Å². The van der Waals surface area contributed by atoms with E-state index in [2.05, 4.69) is 41.6 Å². The monoisotopic (exact) mass is 444 g/mol. The maximum Gasteiger partial charge on any atom is 0.213 e. The molecule has 0 aliphatic carbocycles. The third kappa shape index (κ3) is 3.82. The fraction of sp³-hybridized carbons (Fsp3) is 0.348. The second kappa shape index (κ2) is 8.78. The Balaban J connectivity index is 1.37. The second-order valence-corrected chi connectivity index (χ2v) is 7.98. The SMILES string of the molecule is COc1cc2nnnc(N3CCC(N4Cc5ccccc5N=C4NC#N)CC3)c2cc1OC. The zero-order valence-corrected chi connectivity index (χ0v) is 18.5. The van der Waals surface area contributed by atoms with Crippen molar-refractivity contribution in [1.29, 1.82) is 5.26 Å². The zero-order valence-electron chi connectivity index (χ0n) is 18.5. The first-order chi connectivity index (χ1) is 16.2. The van der Waals surface area contributed by atoms with Crippen molar-refractivity contribution in [1.82, 2.24) is 25.6 Å². The number of fused-ring (bicyclic) bond motifs is 2. The number of guanidine groups is 1. The summed E-state index contributed by atoms with van der Waals surface area (Å²) in [5.41, 5.74) is 2.78. The molecule has 3 aromatic rings. The standard InChI is InChI=1S/C23H24N8O2/c1-32-20-11-17-19(12-21(20)33-2)27-29-28-22(17)30-9-7-16(8-10-30)31-13-15-5-3-4-6-18(15)26-23(31)25-14-24/h3-6,11-12,16H,7-10,13H2,1-2H3,(H,25,26). The van der Waals surface area contributed by atoms with Crippen LogP contribution in [-0.2, 0) is 6.54 Å². The van der Waals surface area contributed by atoms with Crippen LogP contribution in [-0.4, -0.2) is 59.6 Å². The quantitative estimate of drug-likeness (QED) is 0.479. The molecule has 0 radical (unpaired) electrons. The summed E-state index contributed by atoms with van der Waals surface area (Å²) in [7, 11) is 3.21. The van der Waals surface area contributed by atoms with Crippen LogP contribution in [0.4, 0.5) is 11.5 Å². The highest BCUT2D eigenvalue weighted by atomic mass is 16.5. The van der Waals surface area contributed by atoms with Crippen molar-refractivity contribution < 1.29 is 9.47 Å². The number of anilines is 1. The van der Waals surface area contributed by atoms with Crippen molar-refractivity contribution in [2.45, 2.75) is 25.4 Å². The average Bonchev–Trinajstić information content (AvgIpc) is 2.87. The van der Waals surface area contributed by atoms with Gasteiger partial charge in [-0.15, -0.1) is 10.2 Å². The molecule has 1 fully saturated rings. The van der Waals surface area contributed by atoms with Gasteiger partial charge in [-0.1, -0.05) is 18.2 Å². The van der Waals surface area contributed by atoms with E-state index in [0.29, 0.717) is 23.0 Å². The van der Waals surface area contributed by atoms with Crippen molar-refractivity contribution in [3.8, 4) is 17.7 Å². The van der Waals surface area contributed by atoms with E-state index in [4.69, 9.17) is 9.47 Å². The number of para-hydroxylation sites is 1. The Hall–Kier alpha value is -4.13. The predicted molar refractivity (Wildman–Crippen MR) is 124 cm³/mol. The van der Waals surface area contributed by atoms with E-state index in [1.807, 2.05) is 36.5 Å². The molecule has 10 nitrogen and oxygen atoms in total. The van der Waals surface area contributed by atoms with E-state index < -0.39 is 0 Å². The summed E-state index contributed by atoms with van der Waals surface area (Å²) in [4.78, 5) is 9.11. The van der Waals surface area contributed by atoms with Gasteiger partial charge in [-0.3, -0.25) is 5.32 Å². The lowest BCUT2D eigenvalue weighted by molar-refractivity contribution is 0.250. The largest absolute Gasteiger partial charge is 0.493 e. The van der Waals surface area contributed by atoms with Gasteiger partial charge in [-0.25, -0.2) is 4.99 Å². The lowest BCUT2D eigenvalue weighted by Gasteiger charge is -2.41. The molecular weight excluding hydrogens is 420 g/mol. The van der Waals surface area contributed by atoms with Crippen LogP contribution in [0, 0.1) is 11.5 Å². The highest BCUT2D eigenvalue weighted by molar-refractivity contribution is 5.91. The molecule has 168 valence electrons. The van der Waals surface area contributed by atoms with E-state index in [1.165, 1.54) is 0 Å². The van der Waals surface area contributed by atoms with Gasteiger partial charge in [-0.05, 0) is 35.8 Å². The minimum atomic E-state index is 0.255. The number of nitrogens with zero attached hydrogens (tertiary/aromatic N) is 7. The van der Waals surface area contributed by atoms with Crippen molar-refractivity contribution in [3.63, 3.8) is 0 Å². The molecule has 0 amide bonds. The van der Waals surface area contributed by atoms with Gasteiger partial charge in [0.25, 0.3) is 0 Å². The molecule has 5 rings (SSSR count). The Kier molecular flexibility index (Phi) is 5.52. The minimum Gasteiger partial charge on any atom is -0.493 e. The summed E-state index contributed by atoms with van der Waals surface area (Å²) in [6.45, 7) is 2.32. The van der Waals surface area contributed by atoms with Gasteiger partial charge in [0.05, 0.1) is 25.3 Å². The molecule has 2 aromatic carbocycles. The van der Waals surface area contributed by atoms with Gasteiger partial charge in [0.1, 0.15) is 5.52 Å². The first-order valence-corrected chi connectivity index (χ1v) is 10.8. The normalized spacial score (nSPS) is 16.1. The number of aromatic nitrogens is 3. The van der Waals surface area contributed by atoms with Gasteiger partial charge in [0.15, 0.2) is 23.5 Å². The molecule has 3 heterocycles. The Morgan fingerprint density at radius 2 is 1.82 bits per heavy atom. The highest BCUT2D eigenvalue weighted by Gasteiger charge is 2.31. The minimum absolute atomic E-state index is 0.255. The number of methoxy groups -OCH3 is 2. The van der Waals surface area contributed by atoms with Gasteiger partial charge in [0, 0.05) is 31.7 Å². The van der Waals surface area contributed by atoms with E-state index >= 15 is 0 Å². The van der Waals surface area contributed by atoms with Crippen LogP contribution < -0.4 is 19.7 Å². The van der Waals surface area contributed by atoms with E-state index in [1.54, 1.807) is 14.2 Å². The molecule has 1 aromatic heterocycles. The summed E-state index contributed by atoms with van der Waals surface area (Å²) >= 11 is 0. The van der Waals surface area contributed by atoms with Crippen molar-refractivity contribution in [2.75, 3.05) is 32.2 Å². The first kappa shape index (κ1) is 20.8. The Morgan fingerprint density at radius 1 is 1.06 bits per heavy atom.